The van der Waals surface area contributed by atoms with Crippen LogP contribution in [-0.4, -0.2) is 41.5 Å². The van der Waals surface area contributed by atoms with Crippen LogP contribution in [0.5, 0.6) is 0 Å². The molecule has 1 aromatic heterocycles. The third-order valence-electron chi connectivity index (χ3n) is 6.64. The van der Waals surface area contributed by atoms with E-state index in [9.17, 15) is 13.2 Å². The number of hydrogen-bond donors (Lipinski definition) is 0. The number of piperidine rings is 1. The SMILES string of the molecule is Cc1ccnc2ccc(C(=O)N3C4CCC3CC(S(=O)(=O)c3ccccc3)C4)cc12. The van der Waals surface area contributed by atoms with E-state index >= 15 is 0 Å². The van der Waals surface area contributed by atoms with E-state index in [4.69, 9.17) is 0 Å². The van der Waals surface area contributed by atoms with Crippen LogP contribution in [0.4, 0.5) is 0 Å². The molecular weight excluding hydrogens is 396 g/mol. The summed E-state index contributed by atoms with van der Waals surface area (Å²) in [6.07, 6.45) is 4.52. The molecule has 154 valence electrons. The fourth-order valence-electron chi connectivity index (χ4n) is 5.08. The highest BCUT2D eigenvalue weighted by atomic mass is 32.2. The van der Waals surface area contributed by atoms with Crippen molar-refractivity contribution >= 4 is 26.6 Å². The summed E-state index contributed by atoms with van der Waals surface area (Å²) in [5.41, 5.74) is 2.62. The Kier molecular flexibility index (Phi) is 4.62. The van der Waals surface area contributed by atoms with Crippen LogP contribution in [0.1, 0.15) is 41.6 Å². The van der Waals surface area contributed by atoms with Crippen molar-refractivity contribution in [3.63, 3.8) is 0 Å². The Bertz CT molecular complexity index is 1210. The van der Waals surface area contributed by atoms with E-state index in [1.807, 2.05) is 42.2 Å². The molecule has 2 bridgehead atoms. The molecule has 2 aromatic carbocycles. The van der Waals surface area contributed by atoms with Crippen molar-refractivity contribution in [3.05, 3.63) is 71.9 Å². The zero-order valence-electron chi connectivity index (χ0n) is 16.9. The van der Waals surface area contributed by atoms with Crippen LogP contribution in [-0.2, 0) is 9.84 Å². The van der Waals surface area contributed by atoms with Gasteiger partial charge in [0, 0.05) is 29.2 Å². The molecule has 0 saturated carbocycles. The number of rotatable bonds is 3. The van der Waals surface area contributed by atoms with Crippen LogP contribution in [0.2, 0.25) is 0 Å². The standard InChI is InChI=1S/C24H24N2O3S/c1-16-11-12-25-23-10-7-17(13-22(16)23)24(27)26-18-8-9-19(26)15-21(14-18)30(28,29)20-5-3-2-4-6-20/h2-7,10-13,18-19,21H,8-9,14-15H2,1H3. The van der Waals surface area contributed by atoms with Gasteiger partial charge in [-0.15, -0.1) is 0 Å². The van der Waals surface area contributed by atoms with Crippen LogP contribution < -0.4 is 0 Å². The van der Waals surface area contributed by atoms with Crippen LogP contribution in [0.3, 0.4) is 0 Å². The van der Waals surface area contributed by atoms with Crippen molar-refractivity contribution in [1.29, 1.82) is 0 Å². The second-order valence-corrected chi connectivity index (χ2v) is 10.6. The molecule has 3 aromatic rings. The van der Waals surface area contributed by atoms with Crippen molar-refractivity contribution in [2.75, 3.05) is 0 Å². The molecule has 2 saturated heterocycles. The van der Waals surface area contributed by atoms with Crippen molar-refractivity contribution in [2.45, 2.75) is 54.8 Å². The first-order valence-electron chi connectivity index (χ1n) is 10.4. The van der Waals surface area contributed by atoms with E-state index in [2.05, 4.69) is 4.98 Å². The fourth-order valence-corrected chi connectivity index (χ4v) is 6.95. The number of nitrogens with zero attached hydrogens (tertiary/aromatic N) is 2. The number of benzene rings is 2. The lowest BCUT2D eigenvalue weighted by atomic mass is 9.99. The van der Waals surface area contributed by atoms with Gasteiger partial charge in [0.25, 0.3) is 5.91 Å². The highest BCUT2D eigenvalue weighted by Gasteiger charge is 2.47. The van der Waals surface area contributed by atoms with Crippen molar-refractivity contribution in [3.8, 4) is 0 Å². The number of carbonyl (C=O) groups excluding carboxylic acids is 1. The van der Waals surface area contributed by atoms with E-state index in [0.717, 1.165) is 29.3 Å². The molecular formula is C24H24N2O3S. The third kappa shape index (κ3) is 3.10. The molecule has 2 atom stereocenters. The number of pyridine rings is 1. The molecule has 0 spiro atoms. The van der Waals surface area contributed by atoms with E-state index in [1.165, 1.54) is 0 Å². The Balaban J connectivity index is 1.42. The molecule has 2 aliphatic rings. The Hall–Kier alpha value is -2.73. The third-order valence-corrected chi connectivity index (χ3v) is 8.83. The van der Waals surface area contributed by atoms with Gasteiger partial charge in [0.2, 0.25) is 0 Å². The van der Waals surface area contributed by atoms with Crippen LogP contribution in [0.15, 0.2) is 65.7 Å². The molecule has 1 amide bonds. The van der Waals surface area contributed by atoms with E-state index in [-0.39, 0.29) is 18.0 Å². The number of amides is 1. The fraction of sp³-hybridized carbons (Fsp3) is 0.333. The monoisotopic (exact) mass is 420 g/mol. The number of sulfone groups is 1. The average Bonchev–Trinajstić information content (AvgIpc) is 3.02. The quantitative estimate of drug-likeness (QED) is 0.638. The lowest BCUT2D eigenvalue weighted by molar-refractivity contribution is 0.0598. The molecule has 5 nitrogen and oxygen atoms in total. The predicted octanol–water partition coefficient (Wildman–Crippen LogP) is 4.15. The number of aryl methyl sites for hydroxylation is 1. The summed E-state index contributed by atoms with van der Waals surface area (Å²) in [5.74, 6) is 0.00297. The summed E-state index contributed by atoms with van der Waals surface area (Å²) < 4.78 is 26.3. The maximum Gasteiger partial charge on any atom is 0.254 e. The molecule has 0 radical (unpaired) electrons. The Morgan fingerprint density at radius 1 is 1.00 bits per heavy atom. The molecule has 0 aliphatic carbocycles. The predicted molar refractivity (Wildman–Crippen MR) is 116 cm³/mol. The average molecular weight is 421 g/mol. The molecule has 3 heterocycles. The molecule has 2 unspecified atom stereocenters. The number of carbonyl (C=O) groups is 1. The lowest BCUT2D eigenvalue weighted by Crippen LogP contribution is -2.49. The molecule has 2 fully saturated rings. The molecule has 5 rings (SSSR count). The molecule has 6 heteroatoms. The number of aromatic nitrogens is 1. The first-order chi connectivity index (χ1) is 14.4. The summed E-state index contributed by atoms with van der Waals surface area (Å²) >= 11 is 0. The largest absolute Gasteiger partial charge is 0.333 e. The van der Waals surface area contributed by atoms with Gasteiger partial charge in [0.05, 0.1) is 15.7 Å². The van der Waals surface area contributed by atoms with Gasteiger partial charge in [-0.25, -0.2) is 8.42 Å². The van der Waals surface area contributed by atoms with Crippen LogP contribution in [0.25, 0.3) is 10.9 Å². The van der Waals surface area contributed by atoms with Crippen LogP contribution >= 0.6 is 0 Å². The highest BCUT2D eigenvalue weighted by Crippen LogP contribution is 2.40. The summed E-state index contributed by atoms with van der Waals surface area (Å²) in [5, 5.41) is 0.557. The van der Waals surface area contributed by atoms with E-state index < -0.39 is 15.1 Å². The van der Waals surface area contributed by atoms with Crippen molar-refractivity contribution < 1.29 is 13.2 Å². The van der Waals surface area contributed by atoms with E-state index in [0.29, 0.717) is 23.3 Å². The van der Waals surface area contributed by atoms with Crippen molar-refractivity contribution in [1.82, 2.24) is 9.88 Å². The second-order valence-electron chi connectivity index (χ2n) is 8.41. The van der Waals surface area contributed by atoms with Gasteiger partial charge in [-0.05, 0) is 74.6 Å². The number of hydrogen-bond acceptors (Lipinski definition) is 4. The topological polar surface area (TPSA) is 67.3 Å². The Morgan fingerprint density at radius 2 is 1.70 bits per heavy atom. The summed E-state index contributed by atoms with van der Waals surface area (Å²) in [7, 11) is -3.38. The van der Waals surface area contributed by atoms with Gasteiger partial charge in [0.1, 0.15) is 0 Å². The Labute approximate surface area is 176 Å². The maximum atomic E-state index is 13.4. The molecule has 0 N–H and O–H groups in total. The molecule has 2 aliphatic heterocycles. The summed E-state index contributed by atoms with van der Waals surface area (Å²) in [4.78, 5) is 20.1. The molecule has 30 heavy (non-hydrogen) atoms. The minimum atomic E-state index is -3.38. The van der Waals surface area contributed by atoms with Crippen LogP contribution in [0, 0.1) is 6.92 Å². The van der Waals surface area contributed by atoms with Gasteiger partial charge < -0.3 is 4.90 Å². The smallest absolute Gasteiger partial charge is 0.254 e. The zero-order valence-corrected chi connectivity index (χ0v) is 17.7. The van der Waals surface area contributed by atoms with Crippen molar-refractivity contribution in [2.24, 2.45) is 0 Å². The Morgan fingerprint density at radius 3 is 2.40 bits per heavy atom. The minimum absolute atomic E-state index is 0.00297. The first kappa shape index (κ1) is 19.2. The minimum Gasteiger partial charge on any atom is -0.333 e. The maximum absolute atomic E-state index is 13.4. The summed E-state index contributed by atoms with van der Waals surface area (Å²) in [6.45, 7) is 2.02. The number of fused-ring (bicyclic) bond motifs is 3. The second kappa shape index (κ2) is 7.20. The normalized spacial score (nSPS) is 23.6. The van der Waals surface area contributed by atoms with Gasteiger partial charge in [-0.2, -0.15) is 0 Å². The van der Waals surface area contributed by atoms with Gasteiger partial charge in [-0.3, -0.25) is 9.78 Å². The van der Waals surface area contributed by atoms with Gasteiger partial charge in [0.15, 0.2) is 9.84 Å². The highest BCUT2D eigenvalue weighted by molar-refractivity contribution is 7.92. The zero-order chi connectivity index (χ0) is 20.9. The first-order valence-corrected chi connectivity index (χ1v) is 12.0. The van der Waals surface area contributed by atoms with Gasteiger partial charge in [-0.1, -0.05) is 18.2 Å². The van der Waals surface area contributed by atoms with E-state index in [1.54, 1.807) is 30.5 Å². The van der Waals surface area contributed by atoms with Gasteiger partial charge >= 0.3 is 0 Å². The summed E-state index contributed by atoms with van der Waals surface area (Å²) in [6, 6.07) is 16.2. The lowest BCUT2D eigenvalue weighted by Gasteiger charge is -2.38.